The van der Waals surface area contributed by atoms with Crippen molar-refractivity contribution in [3.05, 3.63) is 108 Å². The van der Waals surface area contributed by atoms with Crippen molar-refractivity contribution in [1.82, 2.24) is 112 Å². The van der Waals surface area contributed by atoms with Crippen LogP contribution in [0, 0.1) is 102 Å². The van der Waals surface area contributed by atoms with E-state index in [-0.39, 0.29) is 11.6 Å². The molecule has 0 unspecified atom stereocenters. The van der Waals surface area contributed by atoms with Crippen molar-refractivity contribution >= 4 is 84.8 Å². The van der Waals surface area contributed by atoms with Crippen LogP contribution in [0.1, 0.15) is 200 Å². The van der Waals surface area contributed by atoms with Crippen LogP contribution < -0.4 is 11.3 Å². The van der Waals surface area contributed by atoms with Gasteiger partial charge in [0.2, 0.25) is 0 Å². The van der Waals surface area contributed by atoms with Gasteiger partial charge in [-0.05, 0) is 186 Å². The lowest BCUT2D eigenvalue weighted by Gasteiger charge is -2.13. The number of H-pyrrole nitrogens is 2. The zero-order chi connectivity index (χ0) is 66.1. The van der Waals surface area contributed by atoms with E-state index >= 15 is 0 Å². The van der Waals surface area contributed by atoms with E-state index in [2.05, 4.69) is 198 Å². The quantitative estimate of drug-likeness (QED) is 0.130. The number of pyridine rings is 1. The second-order valence-corrected chi connectivity index (χ2v) is 24.5. The van der Waals surface area contributed by atoms with Gasteiger partial charge in [-0.3, -0.25) is 9.78 Å². The predicted octanol–water partition coefficient (Wildman–Crippen LogP) is 12.9. The average molecular weight is 1230 g/mol. The molecule has 0 fully saturated rings. The highest BCUT2D eigenvalue weighted by Crippen LogP contribution is 2.28. The van der Waals surface area contributed by atoms with Crippen molar-refractivity contribution in [2.75, 3.05) is 5.73 Å². The van der Waals surface area contributed by atoms with Crippen molar-refractivity contribution < 1.29 is 0 Å². The number of imidazole rings is 6. The van der Waals surface area contributed by atoms with Gasteiger partial charge < -0.3 is 43.1 Å². The predicted molar refractivity (Wildman–Crippen MR) is 357 cm³/mol. The van der Waals surface area contributed by atoms with Gasteiger partial charge in [0.1, 0.15) is 80.1 Å². The number of nitrogens with two attached hydrogens (primary N) is 1. The summed E-state index contributed by atoms with van der Waals surface area (Å²) in [5, 5.41) is 7.87. The molecule has 0 aromatic carbocycles. The van der Waals surface area contributed by atoms with Crippen molar-refractivity contribution in [3.8, 4) is 0 Å². The third-order valence-electron chi connectivity index (χ3n) is 14.9. The van der Waals surface area contributed by atoms with Crippen LogP contribution in [-0.2, 0) is 0 Å². The Morgan fingerprint density at radius 1 is 0.427 bits per heavy atom. The minimum absolute atomic E-state index is 0.167. The molecule has 26 heteroatoms. The highest BCUT2D eigenvalue weighted by atomic mass is 32.1. The summed E-state index contributed by atoms with van der Waals surface area (Å²) in [6.45, 7) is 52.9. The summed E-state index contributed by atoms with van der Waals surface area (Å²) in [6, 6.07) is 2.16. The number of fused-ring (bicyclic) bond motifs is 6. The van der Waals surface area contributed by atoms with Crippen LogP contribution in [0.2, 0.25) is 0 Å². The summed E-state index contributed by atoms with van der Waals surface area (Å²) in [6.07, 6.45) is 3.60. The number of anilines is 1. The molecule has 0 aliphatic rings. The highest BCUT2D eigenvalue weighted by Gasteiger charge is 2.20. The van der Waals surface area contributed by atoms with Gasteiger partial charge >= 0.3 is 0 Å². The summed E-state index contributed by atoms with van der Waals surface area (Å²) in [4.78, 5) is 74.4. The average Bonchev–Trinajstić information content (AvgIpc) is 1.84. The lowest BCUT2D eigenvalue weighted by Crippen LogP contribution is -2.11. The lowest BCUT2D eigenvalue weighted by atomic mass is 10.1. The fraction of sp³-hybridized carbons (Fsp3) is 0.508. The van der Waals surface area contributed by atoms with Gasteiger partial charge in [-0.25, -0.2) is 59.8 Å². The Kier molecular flexibility index (Phi) is 20.8. The SMILES string of the molecule is Cc1nc(=S)c2nc(C)n(C(C)C)c2[nH]1.Cc1nc(C)c2nc(C)n(C(C)C)c2c1C.Cc1nc(C)c2nc(C)n(C(C)C)c2n1.Cc1nc(N)c2nc(C)n(C(C)C)c2n1.Cc1nc2c(nc(C)n2C(C)C)c(=O)[nH]1.Cc1nncc2c1ncn2C(C)C. The van der Waals surface area contributed by atoms with E-state index in [1.807, 2.05) is 94.0 Å². The second-order valence-electron chi connectivity index (χ2n) is 24.1. The normalized spacial score (nSPS) is 11.6. The zero-order valence-corrected chi connectivity index (χ0v) is 57.7. The van der Waals surface area contributed by atoms with Crippen LogP contribution in [0.25, 0.3) is 66.7 Å². The molecule has 0 radical (unpaired) electrons. The molecule has 0 amide bonds. The van der Waals surface area contributed by atoms with E-state index in [0.717, 1.165) is 108 Å². The third kappa shape index (κ3) is 14.2. The highest BCUT2D eigenvalue weighted by molar-refractivity contribution is 7.71. The molecule has 12 heterocycles. The fourth-order valence-electron chi connectivity index (χ4n) is 11.2. The largest absolute Gasteiger partial charge is 0.382 e. The second kappa shape index (κ2) is 27.3. The van der Waals surface area contributed by atoms with Crippen LogP contribution in [0.4, 0.5) is 5.82 Å². The van der Waals surface area contributed by atoms with Gasteiger partial charge in [0.15, 0.2) is 38.4 Å². The van der Waals surface area contributed by atoms with Gasteiger partial charge in [-0.15, -0.1) is 0 Å². The van der Waals surface area contributed by atoms with Gasteiger partial charge in [0.05, 0.1) is 40.6 Å². The monoisotopic (exact) mass is 1230 g/mol. The first-order chi connectivity index (χ1) is 41.6. The van der Waals surface area contributed by atoms with Crippen LogP contribution in [-0.4, -0.2) is 112 Å². The van der Waals surface area contributed by atoms with Crippen molar-refractivity contribution in [2.45, 2.75) is 216 Å². The minimum atomic E-state index is -0.167. The Morgan fingerprint density at radius 3 is 1.43 bits per heavy atom. The number of aromatic nitrogens is 23. The van der Waals surface area contributed by atoms with Crippen LogP contribution in [0.3, 0.4) is 0 Å². The number of nitrogens with one attached hydrogen (secondary N) is 2. The smallest absolute Gasteiger partial charge is 0.279 e. The van der Waals surface area contributed by atoms with E-state index in [1.165, 1.54) is 11.1 Å². The fourth-order valence-corrected chi connectivity index (χ4v) is 11.5. The Balaban J connectivity index is 0.000000152. The Labute approximate surface area is 525 Å². The molecule has 0 aliphatic heterocycles. The first-order valence-electron chi connectivity index (χ1n) is 30.2. The molecule has 4 N–H and O–H groups in total. The first-order valence-corrected chi connectivity index (χ1v) is 30.6. The molecular weight excluding hydrogens is 1140 g/mol. The molecular formula is C63H90N24OS. The summed E-state index contributed by atoms with van der Waals surface area (Å²) >= 11 is 5.19. The first kappa shape index (κ1) is 67.7. The van der Waals surface area contributed by atoms with E-state index < -0.39 is 0 Å². The summed E-state index contributed by atoms with van der Waals surface area (Å²) < 4.78 is 13.3. The molecule has 89 heavy (non-hydrogen) atoms. The molecule has 12 aromatic rings. The van der Waals surface area contributed by atoms with Crippen molar-refractivity contribution in [1.29, 1.82) is 0 Å². The van der Waals surface area contributed by atoms with Crippen LogP contribution in [0.15, 0.2) is 17.3 Å². The van der Waals surface area contributed by atoms with Gasteiger partial charge in [0, 0.05) is 41.9 Å². The number of hydrogen-bond acceptors (Lipinski definition) is 18. The van der Waals surface area contributed by atoms with Crippen molar-refractivity contribution in [3.63, 3.8) is 0 Å². The number of nitrogens with zero attached hydrogens (tertiary/aromatic N) is 21. The Morgan fingerprint density at radius 2 is 0.876 bits per heavy atom. The van der Waals surface area contributed by atoms with E-state index in [0.29, 0.717) is 69.0 Å². The minimum Gasteiger partial charge on any atom is -0.382 e. The van der Waals surface area contributed by atoms with E-state index in [4.69, 9.17) is 18.0 Å². The van der Waals surface area contributed by atoms with Crippen LogP contribution >= 0.6 is 12.2 Å². The van der Waals surface area contributed by atoms with Gasteiger partial charge in [-0.2, -0.15) is 10.2 Å². The Hall–Kier alpha value is -8.81. The molecule has 25 nitrogen and oxygen atoms in total. The molecule has 12 rings (SSSR count). The maximum absolute atomic E-state index is 11.6. The molecule has 0 spiro atoms. The van der Waals surface area contributed by atoms with Gasteiger partial charge in [0.25, 0.3) is 5.56 Å². The lowest BCUT2D eigenvalue weighted by molar-refractivity contribution is 0.594. The maximum atomic E-state index is 11.6. The van der Waals surface area contributed by atoms with Gasteiger partial charge in [-0.1, -0.05) is 12.2 Å². The number of aryl methyl sites for hydroxylation is 14. The van der Waals surface area contributed by atoms with Crippen LogP contribution in [0.5, 0.6) is 0 Å². The van der Waals surface area contributed by atoms with E-state index in [9.17, 15) is 4.79 Å². The molecule has 474 valence electrons. The molecule has 0 bridgehead atoms. The maximum Gasteiger partial charge on any atom is 0.279 e. The summed E-state index contributed by atoms with van der Waals surface area (Å²) in [5.74, 6) is 8.18. The molecule has 12 aromatic heterocycles. The topological polar surface area (TPSA) is 298 Å². The third-order valence-corrected chi connectivity index (χ3v) is 15.2. The number of hydrogen-bond donors (Lipinski definition) is 3. The molecule has 0 aliphatic carbocycles. The molecule has 0 atom stereocenters. The number of rotatable bonds is 6. The summed E-state index contributed by atoms with van der Waals surface area (Å²) in [7, 11) is 0. The number of nitrogen functional groups attached to an aromatic ring is 1. The Bertz CT molecular complexity index is 4450. The van der Waals surface area contributed by atoms with E-state index in [1.54, 1.807) is 13.1 Å². The van der Waals surface area contributed by atoms with Crippen molar-refractivity contribution in [2.24, 2.45) is 0 Å². The molecule has 0 saturated heterocycles. The molecule has 0 saturated carbocycles. The zero-order valence-electron chi connectivity index (χ0n) is 56.9. The standard InChI is InChI=1S/C13H19N3.C11H16N4.C10H15N5.C10H14N4O.C10H14N4S.C9H12N4/c1-7(2)16-11(6)15-12-10(5)14-9(4)8(3)13(12)16;1-6(2)15-9(5)14-10-7(3)12-8(4)13-11(10)15;1-5(2)15-7(4)14-8-9(11)12-6(3)13-10(8)15;2*1-5(2)14-7(4)13-8-9(14)11-6(3)12-10(8)15;1-6(2)13-5-10-9-7(3)12-11-4-8(9)13/h7H,1-6H3;6H,1-5H3;5H,1-4H3,(H2,11,12,13);2*5H,1-4H3,(H,11,12,15);4-6H,1-3H3. The number of aromatic amines is 2. The summed E-state index contributed by atoms with van der Waals surface area (Å²) in [5.41, 5.74) is 21.4.